The van der Waals surface area contributed by atoms with Crippen molar-refractivity contribution in [1.29, 1.82) is 0 Å². The molecule has 0 unspecified atom stereocenters. The zero-order chi connectivity index (χ0) is 35.2. The Hall–Kier alpha value is -3.94. The maximum atomic E-state index is 12.5. The van der Waals surface area contributed by atoms with Crippen LogP contribution in [0.4, 0.5) is 0 Å². The van der Waals surface area contributed by atoms with Gasteiger partial charge in [-0.05, 0) is 97.3 Å². The maximum Gasteiger partial charge on any atom is 0.306 e. The molecule has 0 saturated carbocycles. The van der Waals surface area contributed by atoms with Gasteiger partial charge in [0.05, 0.1) is 13.0 Å². The van der Waals surface area contributed by atoms with Gasteiger partial charge >= 0.3 is 5.97 Å². The highest BCUT2D eigenvalue weighted by molar-refractivity contribution is 6.99. The monoisotopic (exact) mass is 689 g/mol. The van der Waals surface area contributed by atoms with Crippen molar-refractivity contribution in [3.63, 3.8) is 0 Å². The van der Waals surface area contributed by atoms with Crippen LogP contribution in [0.5, 0.6) is 0 Å². The first-order chi connectivity index (χ1) is 24.3. The molecule has 0 spiro atoms. The number of nitrogens with zero attached hydrogens (tertiary/aromatic N) is 3. The van der Waals surface area contributed by atoms with E-state index in [4.69, 9.17) is 24.1 Å². The Morgan fingerprint density at radius 2 is 1.54 bits per heavy atom. The lowest BCUT2D eigenvalue weighted by Crippen LogP contribution is -2.66. The molecular formula is C43H55N3O3Si. The van der Waals surface area contributed by atoms with Crippen LogP contribution in [-0.4, -0.2) is 42.5 Å². The van der Waals surface area contributed by atoms with Crippen LogP contribution in [0.1, 0.15) is 107 Å². The first-order valence-electron chi connectivity index (χ1n) is 18.7. The predicted molar refractivity (Wildman–Crippen MR) is 205 cm³/mol. The summed E-state index contributed by atoms with van der Waals surface area (Å²) in [6, 6.07) is 26.0. The number of esters is 1. The van der Waals surface area contributed by atoms with Crippen LogP contribution >= 0.6 is 0 Å². The summed E-state index contributed by atoms with van der Waals surface area (Å²) in [5, 5.41) is 2.51. The van der Waals surface area contributed by atoms with E-state index >= 15 is 0 Å². The van der Waals surface area contributed by atoms with E-state index in [2.05, 4.69) is 106 Å². The van der Waals surface area contributed by atoms with Crippen LogP contribution in [0.15, 0.2) is 97.3 Å². The van der Waals surface area contributed by atoms with Gasteiger partial charge in [-0.1, -0.05) is 99.7 Å². The van der Waals surface area contributed by atoms with Crippen molar-refractivity contribution in [2.45, 2.75) is 109 Å². The lowest BCUT2D eigenvalue weighted by atomic mass is 9.95. The number of allylic oxidation sites excluding steroid dienone is 2. The number of pyridine rings is 1. The van der Waals surface area contributed by atoms with Crippen LogP contribution in [-0.2, 0) is 39.6 Å². The van der Waals surface area contributed by atoms with E-state index < -0.39 is 8.32 Å². The summed E-state index contributed by atoms with van der Waals surface area (Å²) in [6.07, 6.45) is 18.9. The third-order valence-corrected chi connectivity index (χ3v) is 14.8. The molecule has 264 valence electrons. The first-order valence-corrected chi connectivity index (χ1v) is 20.6. The van der Waals surface area contributed by atoms with E-state index in [0.29, 0.717) is 13.2 Å². The Balaban J connectivity index is 1.17. The Morgan fingerprint density at radius 3 is 2.20 bits per heavy atom. The van der Waals surface area contributed by atoms with Gasteiger partial charge in [-0.2, -0.15) is 0 Å². The quantitative estimate of drug-likeness (QED) is 0.0481. The second-order valence-corrected chi connectivity index (χ2v) is 18.8. The molecule has 2 aromatic heterocycles. The molecule has 4 aromatic rings. The zero-order valence-corrected chi connectivity index (χ0v) is 31.6. The molecular weight excluding hydrogens is 635 g/mol. The summed E-state index contributed by atoms with van der Waals surface area (Å²) < 4.78 is 12.4. The van der Waals surface area contributed by atoms with Gasteiger partial charge in [0, 0.05) is 42.7 Å². The van der Waals surface area contributed by atoms with E-state index in [1.807, 2.05) is 19.3 Å². The van der Waals surface area contributed by atoms with Gasteiger partial charge in [0.1, 0.15) is 5.82 Å². The number of carbonyl (C=O) groups excluding carboxylic acids is 1. The molecule has 5 rings (SSSR count). The second kappa shape index (κ2) is 18.3. The number of hydrogen-bond acceptors (Lipinski definition) is 6. The van der Waals surface area contributed by atoms with Crippen molar-refractivity contribution in [2.24, 2.45) is 0 Å². The number of aryl methyl sites for hydroxylation is 4. The summed E-state index contributed by atoms with van der Waals surface area (Å²) in [6.45, 7) is 9.74. The van der Waals surface area contributed by atoms with E-state index in [1.54, 1.807) is 0 Å². The average Bonchev–Trinajstić information content (AvgIpc) is 3.13. The molecule has 0 amide bonds. The normalized spacial score (nSPS) is 14.0. The van der Waals surface area contributed by atoms with Crippen molar-refractivity contribution in [3.05, 3.63) is 126 Å². The molecule has 0 saturated heterocycles. The molecule has 6 nitrogen and oxygen atoms in total. The highest BCUT2D eigenvalue weighted by atomic mass is 28.4. The number of aromatic nitrogens is 3. The number of benzene rings is 2. The third kappa shape index (κ3) is 9.85. The third-order valence-electron chi connectivity index (χ3n) is 9.78. The van der Waals surface area contributed by atoms with E-state index in [0.717, 1.165) is 56.3 Å². The van der Waals surface area contributed by atoms with Gasteiger partial charge in [-0.15, -0.1) is 0 Å². The molecule has 1 aliphatic rings. The van der Waals surface area contributed by atoms with Gasteiger partial charge in [0.15, 0.2) is 0 Å². The van der Waals surface area contributed by atoms with E-state index in [-0.39, 0.29) is 23.3 Å². The van der Waals surface area contributed by atoms with Gasteiger partial charge in [0.25, 0.3) is 8.32 Å². The topological polar surface area (TPSA) is 74.2 Å². The molecule has 2 aromatic carbocycles. The number of unbranched alkanes of at least 4 members (excludes halogenated alkanes) is 2. The number of rotatable bonds is 17. The Kier molecular flexibility index (Phi) is 13.7. The van der Waals surface area contributed by atoms with Crippen LogP contribution in [0.2, 0.25) is 5.04 Å². The summed E-state index contributed by atoms with van der Waals surface area (Å²) in [7, 11) is -2.57. The van der Waals surface area contributed by atoms with Crippen molar-refractivity contribution >= 4 is 24.7 Å². The summed E-state index contributed by atoms with van der Waals surface area (Å²) in [5.41, 5.74) is 4.89. The summed E-state index contributed by atoms with van der Waals surface area (Å²) in [5.74, 6) is 0.462. The SMILES string of the molecule is CCOC(=O)C[C@H](/C=C/CCCCc1ccc2c(n1)CCCC2)c1cnc(CCCO[Si](c2ccccc2)(c2ccccc2)C(C)(C)C)nc1. The van der Waals surface area contributed by atoms with Crippen LogP contribution in [0.25, 0.3) is 0 Å². The zero-order valence-electron chi connectivity index (χ0n) is 30.6. The Morgan fingerprint density at radius 1 is 0.860 bits per heavy atom. The fourth-order valence-corrected chi connectivity index (χ4v) is 11.8. The summed E-state index contributed by atoms with van der Waals surface area (Å²) >= 11 is 0. The van der Waals surface area contributed by atoms with Crippen LogP contribution in [0.3, 0.4) is 0 Å². The van der Waals surface area contributed by atoms with Crippen molar-refractivity contribution in [2.75, 3.05) is 13.2 Å². The molecule has 0 N–H and O–H groups in total. The molecule has 1 aliphatic carbocycles. The van der Waals surface area contributed by atoms with Crippen LogP contribution < -0.4 is 10.4 Å². The van der Waals surface area contributed by atoms with E-state index in [9.17, 15) is 4.79 Å². The van der Waals surface area contributed by atoms with Gasteiger partial charge < -0.3 is 9.16 Å². The van der Waals surface area contributed by atoms with Gasteiger partial charge in [0.2, 0.25) is 0 Å². The standard InChI is InChI=1S/C43H55N3O3Si/c1-5-48-42(47)31-35(20-10-6-7-11-21-37-29-28-34-19-16-17-26-40(34)46-37)36-32-44-41(45-33-36)27-18-30-49-50(43(2,3)4,38-22-12-8-13-23-38)39-24-14-9-15-25-39/h8-10,12-15,20,22-25,28-29,32-33,35H,5-7,11,16-19,21,26-27,30-31H2,1-4H3/b20-10+/t35-/m0/s1. The minimum absolute atomic E-state index is 0.0616. The average molecular weight is 690 g/mol. The summed E-state index contributed by atoms with van der Waals surface area (Å²) in [4.78, 5) is 26.9. The maximum absolute atomic E-state index is 12.5. The molecule has 0 bridgehead atoms. The van der Waals surface area contributed by atoms with E-state index in [1.165, 1.54) is 46.6 Å². The largest absolute Gasteiger partial charge is 0.466 e. The highest BCUT2D eigenvalue weighted by Gasteiger charge is 2.49. The highest BCUT2D eigenvalue weighted by Crippen LogP contribution is 2.37. The number of hydrogen-bond donors (Lipinski definition) is 0. The van der Waals surface area contributed by atoms with Crippen molar-refractivity contribution in [1.82, 2.24) is 15.0 Å². The fraction of sp³-hybridized carbons (Fsp3) is 0.442. The fourth-order valence-electron chi connectivity index (χ4n) is 7.19. The lowest BCUT2D eigenvalue weighted by molar-refractivity contribution is -0.143. The minimum atomic E-state index is -2.57. The predicted octanol–water partition coefficient (Wildman–Crippen LogP) is 8.27. The van der Waals surface area contributed by atoms with Crippen LogP contribution in [0, 0.1) is 0 Å². The van der Waals surface area contributed by atoms with Gasteiger partial charge in [-0.3, -0.25) is 9.78 Å². The number of fused-ring (bicyclic) bond motifs is 1. The molecule has 0 fully saturated rings. The molecule has 2 heterocycles. The smallest absolute Gasteiger partial charge is 0.306 e. The van der Waals surface area contributed by atoms with Crippen molar-refractivity contribution in [3.8, 4) is 0 Å². The second-order valence-electron chi connectivity index (χ2n) is 14.5. The minimum Gasteiger partial charge on any atom is -0.466 e. The number of carbonyl (C=O) groups is 1. The molecule has 50 heavy (non-hydrogen) atoms. The van der Waals surface area contributed by atoms with Crippen molar-refractivity contribution < 1.29 is 14.0 Å². The molecule has 0 radical (unpaired) electrons. The number of ether oxygens (including phenoxy) is 1. The lowest BCUT2D eigenvalue weighted by Gasteiger charge is -2.43. The molecule has 0 aliphatic heterocycles. The molecule has 7 heteroatoms. The Bertz CT molecular complexity index is 1610. The van der Waals surface area contributed by atoms with Gasteiger partial charge in [-0.25, -0.2) is 9.97 Å². The Labute approximate surface area is 300 Å². The first kappa shape index (κ1) is 37.3. The molecule has 1 atom stereocenters.